The van der Waals surface area contributed by atoms with E-state index in [2.05, 4.69) is 92.4 Å². The number of aryl methyl sites for hydroxylation is 1. The molecule has 3 rings (SSSR count). The van der Waals surface area contributed by atoms with Gasteiger partial charge in [-0.05, 0) is 38.0 Å². The molecule has 0 aromatic heterocycles. The predicted molar refractivity (Wildman–Crippen MR) is 99.2 cm³/mol. The third-order valence-corrected chi connectivity index (χ3v) is 4.30. The van der Waals surface area contributed by atoms with Crippen molar-refractivity contribution in [3.8, 4) is 0 Å². The normalized spacial score (nSPS) is 21.0. The van der Waals surface area contributed by atoms with Crippen LogP contribution in [0.1, 0.15) is 37.6 Å². The average molecular weight is 304 g/mol. The lowest BCUT2D eigenvalue weighted by atomic mass is 10.1. The molecular weight excluding hydrogens is 280 g/mol. The summed E-state index contributed by atoms with van der Waals surface area (Å²) in [5.41, 5.74) is 4.90. The van der Waals surface area contributed by atoms with Crippen LogP contribution in [0.15, 0.2) is 71.7 Å². The van der Waals surface area contributed by atoms with Crippen LogP contribution in [-0.2, 0) is 0 Å². The number of hydrogen-bond acceptors (Lipinski definition) is 2. The van der Waals surface area contributed by atoms with Crippen LogP contribution in [0, 0.1) is 6.92 Å². The molecule has 0 N–H and O–H groups in total. The highest BCUT2D eigenvalue weighted by molar-refractivity contribution is 5.95. The van der Waals surface area contributed by atoms with Crippen molar-refractivity contribution in [1.29, 1.82) is 0 Å². The highest BCUT2D eigenvalue weighted by Crippen LogP contribution is 2.36. The molecule has 2 aromatic rings. The highest BCUT2D eigenvalue weighted by atomic mass is 15.3. The standard InChI is InChI=1S/C21H24N2/c1-4-5-11-20-17(3)22-21(18-14-12-16(2)13-15-18)23(20)19-9-7-6-8-10-19/h5-15,20-21H,4H2,1-3H3/b11-5-. The third kappa shape index (κ3) is 3.21. The maximum atomic E-state index is 4.97. The zero-order chi connectivity index (χ0) is 16.2. The second-order valence-electron chi connectivity index (χ2n) is 6.08. The van der Waals surface area contributed by atoms with Crippen LogP contribution in [0.25, 0.3) is 0 Å². The summed E-state index contributed by atoms with van der Waals surface area (Å²) in [5, 5.41) is 0. The first-order chi connectivity index (χ1) is 11.2. The largest absolute Gasteiger partial charge is 0.334 e. The van der Waals surface area contributed by atoms with Crippen molar-refractivity contribution < 1.29 is 0 Å². The van der Waals surface area contributed by atoms with Crippen molar-refractivity contribution >= 4 is 11.4 Å². The smallest absolute Gasteiger partial charge is 0.147 e. The fourth-order valence-corrected chi connectivity index (χ4v) is 3.06. The van der Waals surface area contributed by atoms with Crippen molar-refractivity contribution in [2.24, 2.45) is 4.99 Å². The van der Waals surface area contributed by atoms with Gasteiger partial charge in [-0.3, -0.25) is 4.99 Å². The highest BCUT2D eigenvalue weighted by Gasteiger charge is 2.33. The van der Waals surface area contributed by atoms with E-state index in [-0.39, 0.29) is 12.2 Å². The molecule has 0 saturated heterocycles. The summed E-state index contributed by atoms with van der Waals surface area (Å²) < 4.78 is 0. The lowest BCUT2D eigenvalue weighted by Gasteiger charge is -2.30. The first-order valence-corrected chi connectivity index (χ1v) is 8.31. The zero-order valence-electron chi connectivity index (χ0n) is 14.1. The van der Waals surface area contributed by atoms with Gasteiger partial charge in [0.05, 0.1) is 6.04 Å². The summed E-state index contributed by atoms with van der Waals surface area (Å²) in [6.07, 6.45) is 5.60. The number of benzene rings is 2. The maximum Gasteiger partial charge on any atom is 0.147 e. The molecule has 0 aliphatic carbocycles. The van der Waals surface area contributed by atoms with E-state index in [0.29, 0.717) is 0 Å². The van der Waals surface area contributed by atoms with Crippen LogP contribution in [0.2, 0.25) is 0 Å². The van der Waals surface area contributed by atoms with Crippen LogP contribution in [0.4, 0.5) is 5.69 Å². The minimum Gasteiger partial charge on any atom is -0.334 e. The van der Waals surface area contributed by atoms with E-state index in [1.807, 2.05) is 0 Å². The molecular formula is C21H24N2. The molecule has 0 fully saturated rings. The number of anilines is 1. The van der Waals surface area contributed by atoms with Gasteiger partial charge < -0.3 is 4.90 Å². The second kappa shape index (κ2) is 6.82. The van der Waals surface area contributed by atoms with Crippen LogP contribution < -0.4 is 4.90 Å². The van der Waals surface area contributed by atoms with Gasteiger partial charge in [0.1, 0.15) is 6.17 Å². The van der Waals surface area contributed by atoms with E-state index in [9.17, 15) is 0 Å². The van der Waals surface area contributed by atoms with E-state index >= 15 is 0 Å². The first kappa shape index (κ1) is 15.5. The van der Waals surface area contributed by atoms with Gasteiger partial charge in [0, 0.05) is 11.4 Å². The monoisotopic (exact) mass is 304 g/mol. The minimum atomic E-state index is 0.0458. The molecule has 1 heterocycles. The second-order valence-corrected chi connectivity index (χ2v) is 6.08. The van der Waals surface area contributed by atoms with Gasteiger partial charge in [0.25, 0.3) is 0 Å². The predicted octanol–water partition coefficient (Wildman–Crippen LogP) is 5.31. The number of nitrogens with zero attached hydrogens (tertiary/aromatic N) is 2. The van der Waals surface area contributed by atoms with Crippen molar-refractivity contribution in [3.05, 3.63) is 77.9 Å². The van der Waals surface area contributed by atoms with E-state index in [4.69, 9.17) is 4.99 Å². The van der Waals surface area contributed by atoms with Crippen LogP contribution in [0.3, 0.4) is 0 Å². The summed E-state index contributed by atoms with van der Waals surface area (Å²) in [7, 11) is 0. The quantitative estimate of drug-likeness (QED) is 0.699. The molecule has 118 valence electrons. The lowest BCUT2D eigenvalue weighted by molar-refractivity contribution is 0.695. The Labute approximate surface area is 139 Å². The van der Waals surface area contributed by atoms with Gasteiger partial charge in [-0.2, -0.15) is 0 Å². The molecule has 2 atom stereocenters. The fraction of sp³-hybridized carbons (Fsp3) is 0.286. The average Bonchev–Trinajstić information content (AvgIpc) is 2.91. The third-order valence-electron chi connectivity index (χ3n) is 4.30. The lowest BCUT2D eigenvalue weighted by Crippen LogP contribution is -2.34. The number of aliphatic imine (C=N–C) groups is 1. The van der Waals surface area contributed by atoms with Gasteiger partial charge in [-0.1, -0.05) is 67.1 Å². The SMILES string of the molecule is CC/C=C\C1C(C)=NC(c2ccc(C)cc2)N1c1ccccc1. The van der Waals surface area contributed by atoms with Gasteiger partial charge in [0.2, 0.25) is 0 Å². The number of allylic oxidation sites excluding steroid dienone is 1. The van der Waals surface area contributed by atoms with Gasteiger partial charge in [-0.15, -0.1) is 0 Å². The van der Waals surface area contributed by atoms with Crippen LogP contribution in [-0.4, -0.2) is 11.8 Å². The minimum absolute atomic E-state index is 0.0458. The molecule has 0 bridgehead atoms. The van der Waals surface area contributed by atoms with Crippen LogP contribution >= 0.6 is 0 Å². The Balaban J connectivity index is 2.03. The van der Waals surface area contributed by atoms with E-state index in [0.717, 1.165) is 6.42 Å². The molecule has 1 aliphatic heterocycles. The van der Waals surface area contributed by atoms with E-state index in [1.54, 1.807) is 0 Å². The molecule has 23 heavy (non-hydrogen) atoms. The number of rotatable bonds is 4. The summed E-state index contributed by atoms with van der Waals surface area (Å²) >= 11 is 0. The number of hydrogen-bond donors (Lipinski definition) is 0. The molecule has 0 saturated carbocycles. The Hall–Kier alpha value is -2.35. The maximum absolute atomic E-state index is 4.97. The van der Waals surface area contributed by atoms with Crippen molar-refractivity contribution in [2.45, 2.75) is 39.4 Å². The Kier molecular flexibility index (Phi) is 4.61. The molecule has 0 radical (unpaired) electrons. The Morgan fingerprint density at radius 1 is 1.00 bits per heavy atom. The topological polar surface area (TPSA) is 15.6 Å². The van der Waals surface area contributed by atoms with Gasteiger partial charge in [-0.25, -0.2) is 0 Å². The Morgan fingerprint density at radius 3 is 2.35 bits per heavy atom. The molecule has 2 aromatic carbocycles. The molecule has 2 unspecified atom stereocenters. The Morgan fingerprint density at radius 2 is 1.70 bits per heavy atom. The summed E-state index contributed by atoms with van der Waals surface area (Å²) in [6, 6.07) is 19.5. The fourth-order valence-electron chi connectivity index (χ4n) is 3.06. The van der Waals surface area contributed by atoms with Crippen molar-refractivity contribution in [2.75, 3.05) is 4.90 Å². The summed E-state index contributed by atoms with van der Waals surface area (Å²) in [5.74, 6) is 0. The van der Waals surface area contributed by atoms with E-state index in [1.165, 1.54) is 22.5 Å². The Bertz CT molecular complexity index is 698. The molecule has 0 amide bonds. The summed E-state index contributed by atoms with van der Waals surface area (Å²) in [4.78, 5) is 7.38. The molecule has 1 aliphatic rings. The van der Waals surface area contributed by atoms with Crippen LogP contribution in [0.5, 0.6) is 0 Å². The zero-order valence-corrected chi connectivity index (χ0v) is 14.1. The molecule has 2 nitrogen and oxygen atoms in total. The number of para-hydroxylation sites is 1. The van der Waals surface area contributed by atoms with Gasteiger partial charge >= 0.3 is 0 Å². The summed E-state index contributed by atoms with van der Waals surface area (Å²) in [6.45, 7) is 6.42. The molecule has 2 heteroatoms. The molecule has 0 spiro atoms. The van der Waals surface area contributed by atoms with E-state index < -0.39 is 0 Å². The van der Waals surface area contributed by atoms with Crippen molar-refractivity contribution in [3.63, 3.8) is 0 Å². The van der Waals surface area contributed by atoms with Gasteiger partial charge in [0.15, 0.2) is 0 Å². The van der Waals surface area contributed by atoms with Crippen molar-refractivity contribution in [1.82, 2.24) is 0 Å². The first-order valence-electron chi connectivity index (χ1n) is 8.31.